The molecule has 2 rings (SSSR count). The molecular formula is C12H13F2NO3. The van der Waals surface area contributed by atoms with Crippen LogP contribution < -0.4 is 5.32 Å². The fourth-order valence-corrected chi connectivity index (χ4v) is 1.64. The first-order chi connectivity index (χ1) is 8.49. The van der Waals surface area contributed by atoms with Gasteiger partial charge in [0.2, 0.25) is 0 Å². The molecule has 1 atom stereocenters. The zero-order valence-corrected chi connectivity index (χ0v) is 9.53. The van der Waals surface area contributed by atoms with Gasteiger partial charge < -0.3 is 15.2 Å². The number of aliphatic hydroxyl groups excluding tert-OH is 1. The second-order valence-electron chi connectivity index (χ2n) is 4.31. The summed E-state index contributed by atoms with van der Waals surface area (Å²) in [6.45, 7) is -0.805. The molecule has 6 heteroatoms. The Morgan fingerprint density at radius 1 is 1.39 bits per heavy atom. The quantitative estimate of drug-likeness (QED) is 0.862. The van der Waals surface area contributed by atoms with Crippen LogP contribution in [-0.2, 0) is 11.3 Å². The van der Waals surface area contributed by atoms with Gasteiger partial charge in [0.1, 0.15) is 12.1 Å². The van der Waals surface area contributed by atoms with Gasteiger partial charge in [-0.15, -0.1) is 0 Å². The van der Waals surface area contributed by atoms with Gasteiger partial charge in [-0.25, -0.2) is 13.6 Å². The Morgan fingerprint density at radius 3 is 2.50 bits per heavy atom. The van der Waals surface area contributed by atoms with Gasteiger partial charge >= 0.3 is 6.09 Å². The monoisotopic (exact) mass is 257 g/mol. The molecule has 0 unspecified atom stereocenters. The van der Waals surface area contributed by atoms with Gasteiger partial charge in [0.15, 0.2) is 0 Å². The SMILES string of the molecule is O=C(N[C@]1(CO)CC1(F)F)OCc1ccccc1. The van der Waals surface area contributed by atoms with Crippen molar-refractivity contribution in [2.75, 3.05) is 6.61 Å². The molecule has 1 aromatic rings. The van der Waals surface area contributed by atoms with Gasteiger partial charge in [0.05, 0.1) is 6.61 Å². The molecular weight excluding hydrogens is 244 g/mol. The van der Waals surface area contributed by atoms with Crippen LogP contribution in [0.25, 0.3) is 0 Å². The first kappa shape index (κ1) is 12.8. The predicted octanol–water partition coefficient (Wildman–Crippen LogP) is 1.68. The van der Waals surface area contributed by atoms with Gasteiger partial charge in [-0.05, 0) is 5.56 Å². The second kappa shape index (κ2) is 4.53. The Bertz CT molecular complexity index is 438. The number of hydrogen-bond donors (Lipinski definition) is 2. The molecule has 0 radical (unpaired) electrons. The van der Waals surface area contributed by atoms with Gasteiger partial charge in [-0.2, -0.15) is 0 Å². The maximum atomic E-state index is 12.9. The van der Waals surface area contributed by atoms with Gasteiger partial charge in [0, 0.05) is 6.42 Å². The van der Waals surface area contributed by atoms with E-state index in [0.29, 0.717) is 0 Å². The second-order valence-corrected chi connectivity index (χ2v) is 4.31. The molecule has 0 heterocycles. The number of halogens is 2. The lowest BCUT2D eigenvalue weighted by Gasteiger charge is -2.15. The third-order valence-corrected chi connectivity index (χ3v) is 2.92. The maximum absolute atomic E-state index is 12.9. The molecule has 0 spiro atoms. The van der Waals surface area contributed by atoms with Crippen LogP contribution in [0.3, 0.4) is 0 Å². The van der Waals surface area contributed by atoms with Crippen LogP contribution in [-0.4, -0.2) is 29.3 Å². The number of benzene rings is 1. The maximum Gasteiger partial charge on any atom is 0.408 e. The summed E-state index contributed by atoms with van der Waals surface area (Å²) in [4.78, 5) is 11.3. The summed E-state index contributed by atoms with van der Waals surface area (Å²) >= 11 is 0. The minimum absolute atomic E-state index is 0.000245. The zero-order valence-electron chi connectivity index (χ0n) is 9.53. The highest BCUT2D eigenvalue weighted by atomic mass is 19.3. The van der Waals surface area contributed by atoms with Crippen molar-refractivity contribution >= 4 is 6.09 Å². The van der Waals surface area contributed by atoms with Gasteiger partial charge in [0.25, 0.3) is 5.92 Å². The Labute approximate surface area is 103 Å². The van der Waals surface area contributed by atoms with Crippen molar-refractivity contribution in [2.24, 2.45) is 0 Å². The molecule has 98 valence electrons. The molecule has 2 N–H and O–H groups in total. The van der Waals surface area contributed by atoms with E-state index in [1.54, 1.807) is 24.3 Å². The van der Waals surface area contributed by atoms with Gasteiger partial charge in [-0.1, -0.05) is 30.3 Å². The Kier molecular flexibility index (Phi) is 3.21. The van der Waals surface area contributed by atoms with Crippen molar-refractivity contribution < 1.29 is 23.4 Å². The molecule has 1 amide bonds. The van der Waals surface area contributed by atoms with Crippen LogP contribution in [0.2, 0.25) is 0 Å². The molecule has 1 fully saturated rings. The van der Waals surface area contributed by atoms with Gasteiger partial charge in [-0.3, -0.25) is 0 Å². The van der Waals surface area contributed by atoms with Crippen LogP contribution in [0.4, 0.5) is 13.6 Å². The fraction of sp³-hybridized carbons (Fsp3) is 0.417. The van der Waals surface area contributed by atoms with Crippen LogP contribution in [0, 0.1) is 0 Å². The molecule has 1 saturated carbocycles. The molecule has 1 aliphatic carbocycles. The van der Waals surface area contributed by atoms with Crippen molar-refractivity contribution in [3.63, 3.8) is 0 Å². The molecule has 1 aromatic carbocycles. The third-order valence-electron chi connectivity index (χ3n) is 2.92. The summed E-state index contributed by atoms with van der Waals surface area (Å²) in [7, 11) is 0. The number of amides is 1. The molecule has 0 bridgehead atoms. The summed E-state index contributed by atoms with van der Waals surface area (Å²) in [6, 6.07) is 8.87. The fourth-order valence-electron chi connectivity index (χ4n) is 1.64. The number of nitrogens with one attached hydrogen (secondary N) is 1. The van der Waals surface area contributed by atoms with E-state index in [-0.39, 0.29) is 6.61 Å². The van der Waals surface area contributed by atoms with Crippen molar-refractivity contribution in [1.82, 2.24) is 5.32 Å². The van der Waals surface area contributed by atoms with Crippen molar-refractivity contribution in [3.8, 4) is 0 Å². The van der Waals surface area contributed by atoms with Crippen LogP contribution >= 0.6 is 0 Å². The normalized spacial score (nSPS) is 24.4. The standard InChI is InChI=1S/C12H13F2NO3/c13-12(14)7-11(12,8-16)15-10(17)18-6-9-4-2-1-3-5-9/h1-5,16H,6-8H2,(H,15,17)/t11-/m0/s1. The minimum atomic E-state index is -3.06. The Hall–Kier alpha value is -1.69. The van der Waals surface area contributed by atoms with Crippen molar-refractivity contribution in [1.29, 1.82) is 0 Å². The van der Waals surface area contributed by atoms with Crippen molar-refractivity contribution in [3.05, 3.63) is 35.9 Å². The Balaban J connectivity index is 1.83. The van der Waals surface area contributed by atoms with E-state index in [0.717, 1.165) is 5.56 Å². The highest BCUT2D eigenvalue weighted by molar-refractivity contribution is 5.69. The molecule has 1 aliphatic rings. The lowest BCUT2D eigenvalue weighted by molar-refractivity contribution is 0.0505. The average Bonchev–Trinajstić information content (AvgIpc) is 2.90. The summed E-state index contributed by atoms with van der Waals surface area (Å²) in [5.74, 6) is -3.06. The van der Waals surface area contributed by atoms with E-state index >= 15 is 0 Å². The number of carbonyl (C=O) groups is 1. The van der Waals surface area contributed by atoms with Crippen LogP contribution in [0.15, 0.2) is 30.3 Å². The summed E-state index contributed by atoms with van der Waals surface area (Å²) < 4.78 is 30.7. The molecule has 0 saturated heterocycles. The summed E-state index contributed by atoms with van der Waals surface area (Å²) in [5.41, 5.74) is -1.09. The molecule has 18 heavy (non-hydrogen) atoms. The average molecular weight is 257 g/mol. The zero-order chi connectivity index (χ0) is 13.2. The highest BCUT2D eigenvalue weighted by Gasteiger charge is 2.72. The van der Waals surface area contributed by atoms with Crippen LogP contribution in [0.5, 0.6) is 0 Å². The first-order valence-electron chi connectivity index (χ1n) is 5.47. The predicted molar refractivity (Wildman–Crippen MR) is 59.1 cm³/mol. The lowest BCUT2D eigenvalue weighted by Crippen LogP contribution is -2.44. The van der Waals surface area contributed by atoms with E-state index in [1.807, 2.05) is 11.4 Å². The number of aliphatic hydroxyl groups is 1. The lowest BCUT2D eigenvalue weighted by atomic mass is 10.2. The summed E-state index contributed by atoms with van der Waals surface area (Å²) in [5, 5.41) is 10.9. The van der Waals surface area contributed by atoms with E-state index in [4.69, 9.17) is 9.84 Å². The van der Waals surface area contributed by atoms with E-state index in [1.165, 1.54) is 0 Å². The van der Waals surface area contributed by atoms with Crippen molar-refractivity contribution in [2.45, 2.75) is 24.5 Å². The number of alkyl carbamates (subject to hydrolysis) is 1. The molecule has 0 aliphatic heterocycles. The first-order valence-corrected chi connectivity index (χ1v) is 5.47. The summed E-state index contributed by atoms with van der Waals surface area (Å²) in [6.07, 6.45) is -1.51. The third kappa shape index (κ3) is 2.43. The topological polar surface area (TPSA) is 58.6 Å². The number of rotatable bonds is 4. The largest absolute Gasteiger partial charge is 0.445 e. The van der Waals surface area contributed by atoms with E-state index in [2.05, 4.69) is 0 Å². The molecule has 4 nitrogen and oxygen atoms in total. The smallest absolute Gasteiger partial charge is 0.408 e. The van der Waals surface area contributed by atoms with Crippen LogP contribution in [0.1, 0.15) is 12.0 Å². The number of carbonyl (C=O) groups excluding carboxylic acids is 1. The molecule has 0 aromatic heterocycles. The van der Waals surface area contributed by atoms with E-state index < -0.39 is 30.6 Å². The minimum Gasteiger partial charge on any atom is -0.445 e. The number of ether oxygens (including phenoxy) is 1. The number of hydrogen-bond acceptors (Lipinski definition) is 3. The number of alkyl halides is 2. The highest BCUT2D eigenvalue weighted by Crippen LogP contribution is 2.52. The Morgan fingerprint density at radius 2 is 2.00 bits per heavy atom. The van der Waals surface area contributed by atoms with E-state index in [9.17, 15) is 13.6 Å².